The lowest BCUT2D eigenvalue weighted by Gasteiger charge is -2.39. The molecule has 11 nitrogen and oxygen atoms in total. The summed E-state index contributed by atoms with van der Waals surface area (Å²) >= 11 is 0. The van der Waals surface area contributed by atoms with Crippen molar-refractivity contribution < 1.29 is 36.0 Å². The summed E-state index contributed by atoms with van der Waals surface area (Å²) in [4.78, 5) is 16.6. The molecule has 3 aromatic rings. The molecular weight excluding hydrogens is 747 g/mol. The molecule has 0 bridgehead atoms. The van der Waals surface area contributed by atoms with E-state index < -0.39 is 24.8 Å². The highest BCUT2D eigenvalue weighted by atomic mass is 32.2. The Labute approximate surface area is 332 Å². The molecular formula is C43H56N3O8SSi+. The number of anilines is 1. The van der Waals surface area contributed by atoms with Crippen molar-refractivity contribution in [3.8, 4) is 11.5 Å². The van der Waals surface area contributed by atoms with E-state index in [0.717, 1.165) is 105 Å². The van der Waals surface area contributed by atoms with Gasteiger partial charge in [0.1, 0.15) is 24.6 Å². The number of esters is 1. The number of rotatable bonds is 15. The fraction of sp³-hybridized carbons (Fsp3) is 0.535. The van der Waals surface area contributed by atoms with Crippen molar-refractivity contribution in [3.05, 3.63) is 79.9 Å². The number of ether oxygens (including phenoxy) is 2. The zero-order valence-electron chi connectivity index (χ0n) is 33.4. The third-order valence-electron chi connectivity index (χ3n) is 11.8. The first-order chi connectivity index (χ1) is 27.2. The number of aryl methyl sites for hydroxylation is 2. The van der Waals surface area contributed by atoms with Crippen molar-refractivity contribution in [1.29, 1.82) is 0 Å². The van der Waals surface area contributed by atoms with Gasteiger partial charge in [-0.05, 0) is 108 Å². The van der Waals surface area contributed by atoms with Gasteiger partial charge < -0.3 is 27.7 Å². The number of sulfonamides is 1. The van der Waals surface area contributed by atoms with Crippen LogP contribution in [0.3, 0.4) is 0 Å². The molecule has 1 N–H and O–H groups in total. The van der Waals surface area contributed by atoms with Gasteiger partial charge in [0.05, 0.1) is 22.6 Å². The summed E-state index contributed by atoms with van der Waals surface area (Å²) in [6.45, 7) is 13.3. The number of nitrogens with one attached hydrogen (secondary N) is 1. The maximum Gasteiger partial charge on any atom is 0.500 e. The molecule has 0 aliphatic carbocycles. The largest absolute Gasteiger partial charge is 0.500 e. The summed E-state index contributed by atoms with van der Waals surface area (Å²) in [5.41, 5.74) is 9.19. The second kappa shape index (κ2) is 16.3. The highest BCUT2D eigenvalue weighted by molar-refractivity contribution is 7.89. The van der Waals surface area contributed by atoms with Crippen molar-refractivity contribution in [2.45, 2.75) is 96.4 Å². The van der Waals surface area contributed by atoms with Crippen LogP contribution < -0.4 is 29.5 Å². The van der Waals surface area contributed by atoms with Crippen molar-refractivity contribution in [3.63, 3.8) is 0 Å². The monoisotopic (exact) mass is 802 g/mol. The van der Waals surface area contributed by atoms with Crippen LogP contribution in [0.15, 0.2) is 35.2 Å². The molecule has 3 aromatic carbocycles. The fourth-order valence-corrected chi connectivity index (χ4v) is 13.4. The van der Waals surface area contributed by atoms with E-state index in [0.29, 0.717) is 37.8 Å². The quantitative estimate of drug-likeness (QED) is 0.0767. The van der Waals surface area contributed by atoms with Gasteiger partial charge in [0.2, 0.25) is 15.4 Å². The molecule has 0 amide bonds. The Morgan fingerprint density at radius 2 is 1.52 bits per heavy atom. The van der Waals surface area contributed by atoms with Crippen LogP contribution in [0.5, 0.6) is 11.5 Å². The highest BCUT2D eigenvalue weighted by Crippen LogP contribution is 2.49. The smallest absolute Gasteiger partial charge is 0.462 e. The first-order valence-electron chi connectivity index (χ1n) is 20.9. The number of carbonyl (C=O) groups excluding carboxylic acids is 1. The second-order valence-corrected chi connectivity index (χ2v) is 19.8. The van der Waals surface area contributed by atoms with Gasteiger partial charge >= 0.3 is 14.8 Å². The van der Waals surface area contributed by atoms with Crippen LogP contribution in [0.4, 0.5) is 5.69 Å². The molecule has 0 saturated heterocycles. The summed E-state index contributed by atoms with van der Waals surface area (Å²) in [6.07, 6.45) is 8.56. The van der Waals surface area contributed by atoms with Gasteiger partial charge in [0.25, 0.3) is 0 Å². The highest BCUT2D eigenvalue weighted by Gasteiger charge is 2.40. The maximum absolute atomic E-state index is 14.0. The molecule has 5 aliphatic rings. The molecule has 8 rings (SSSR count). The van der Waals surface area contributed by atoms with E-state index in [1.54, 1.807) is 19.1 Å². The lowest BCUT2D eigenvalue weighted by Crippen LogP contribution is -2.46. The average molecular weight is 803 g/mol. The van der Waals surface area contributed by atoms with E-state index in [9.17, 15) is 13.2 Å². The summed E-state index contributed by atoms with van der Waals surface area (Å²) in [5.74, 6) is 1.19. The predicted octanol–water partition coefficient (Wildman–Crippen LogP) is 5.02. The van der Waals surface area contributed by atoms with Crippen LogP contribution in [0.2, 0.25) is 6.04 Å². The van der Waals surface area contributed by atoms with Gasteiger partial charge in [0, 0.05) is 91.5 Å². The van der Waals surface area contributed by atoms with Crippen LogP contribution in [-0.2, 0) is 53.7 Å². The van der Waals surface area contributed by atoms with Crippen LogP contribution in [0, 0.1) is 0 Å². The molecule has 13 heteroatoms. The molecule has 0 unspecified atom stereocenters. The van der Waals surface area contributed by atoms with Gasteiger partial charge in [-0.3, -0.25) is 0 Å². The van der Waals surface area contributed by atoms with Gasteiger partial charge in [-0.25, -0.2) is 22.5 Å². The second-order valence-electron chi connectivity index (χ2n) is 15.3. The number of hydrogen-bond donors (Lipinski definition) is 1. The normalized spacial score (nSPS) is 17.1. The Balaban J connectivity index is 1.26. The van der Waals surface area contributed by atoms with E-state index >= 15 is 0 Å². The van der Waals surface area contributed by atoms with Crippen molar-refractivity contribution in [2.75, 3.05) is 64.1 Å². The summed E-state index contributed by atoms with van der Waals surface area (Å²) in [6, 6.07) is 9.98. The molecule has 5 aliphatic heterocycles. The number of carbonyl (C=O) groups is 1. The van der Waals surface area contributed by atoms with Crippen LogP contribution >= 0.6 is 0 Å². The number of nitrogens with zero attached hydrogens (tertiary/aromatic N) is 2. The molecule has 0 atom stereocenters. The van der Waals surface area contributed by atoms with Crippen LogP contribution in [0.1, 0.15) is 104 Å². The maximum atomic E-state index is 14.0. The lowest BCUT2D eigenvalue weighted by molar-refractivity contribution is 0.0525. The Hall–Kier alpha value is -3.59. The standard InChI is InChI=1S/C43H56N3O8SSi/c1-5-50-43(47)35-28-31(55(48,49)44-20-13-25-56(51-6-2,52-7-3)53-8-4)18-19-32(35)38-36-26-29-14-9-21-45-23-11-16-33(39(29)45)41(36)54-42-34-17-12-24-46-22-10-15-30(40(34)46)27-37(38)42/h18-19,26-28,44H,5-17,20-25H2,1-4H3/q+1. The predicted molar refractivity (Wildman–Crippen MR) is 218 cm³/mol. The van der Waals surface area contributed by atoms with Crippen molar-refractivity contribution in [1.82, 2.24) is 9.30 Å². The van der Waals surface area contributed by atoms with E-state index in [2.05, 4.69) is 26.3 Å². The summed E-state index contributed by atoms with van der Waals surface area (Å²) in [5, 5.41) is 2.29. The average Bonchev–Trinajstić information content (AvgIpc) is 3.20. The molecule has 0 spiro atoms. The fourth-order valence-electron chi connectivity index (χ4n) is 9.69. The number of hydrogen-bond acceptors (Lipinski definition) is 9. The first kappa shape index (κ1) is 39.2. The Kier molecular flexibility index (Phi) is 11.5. The van der Waals surface area contributed by atoms with Crippen LogP contribution in [-0.4, -0.2) is 82.3 Å². The van der Waals surface area contributed by atoms with E-state index in [1.165, 1.54) is 39.4 Å². The zero-order chi connectivity index (χ0) is 39.0. The minimum atomic E-state index is -4.01. The molecule has 0 fully saturated rings. The van der Waals surface area contributed by atoms with Gasteiger partial charge in [0.15, 0.2) is 0 Å². The van der Waals surface area contributed by atoms with Gasteiger partial charge in [-0.15, -0.1) is 0 Å². The van der Waals surface area contributed by atoms with Gasteiger partial charge in [-0.1, -0.05) is 6.07 Å². The molecule has 5 heterocycles. The van der Waals surface area contributed by atoms with Crippen LogP contribution in [0.25, 0.3) is 5.57 Å². The van der Waals surface area contributed by atoms with Crippen molar-refractivity contribution in [2.24, 2.45) is 0 Å². The molecule has 0 saturated carbocycles. The topological polar surface area (TPSA) is 116 Å². The minimum absolute atomic E-state index is 0.00712. The third kappa shape index (κ3) is 7.13. The summed E-state index contributed by atoms with van der Waals surface area (Å²) in [7, 11) is -6.94. The third-order valence-corrected chi connectivity index (χ3v) is 16.4. The Morgan fingerprint density at radius 3 is 2.25 bits per heavy atom. The van der Waals surface area contributed by atoms with E-state index in [4.69, 9.17) is 22.8 Å². The van der Waals surface area contributed by atoms with Gasteiger partial charge in [-0.2, -0.15) is 0 Å². The van der Waals surface area contributed by atoms with Crippen molar-refractivity contribution >= 4 is 36.1 Å². The molecule has 56 heavy (non-hydrogen) atoms. The molecule has 300 valence electrons. The zero-order valence-corrected chi connectivity index (χ0v) is 35.2. The summed E-state index contributed by atoms with van der Waals surface area (Å²) < 4.78 is 63.9. The molecule has 0 aromatic heterocycles. The minimum Gasteiger partial charge on any atom is -0.462 e. The lowest BCUT2D eigenvalue weighted by atomic mass is 9.82. The Morgan fingerprint density at radius 1 is 0.821 bits per heavy atom. The van der Waals surface area contributed by atoms with E-state index in [1.807, 2.05) is 20.8 Å². The SMILES string of the molecule is CCOC(=O)c1cc(S(=O)(=O)NCCC[Si](OCC)(OCC)OCC)ccc1C1=c2cc3c4c(c2Oc2c1cc1c5c2CCCN5CCC1)CCC[N+]=4CCC3. The number of fused-ring (bicyclic) bond motifs is 4. The molecule has 0 radical (unpaired) electrons. The first-order valence-corrected chi connectivity index (χ1v) is 24.3. The number of benzene rings is 3. The van der Waals surface area contributed by atoms with E-state index in [-0.39, 0.29) is 23.6 Å². The Bertz CT molecular complexity index is 2250.